The standard InChI is InChI=1S/C21H17N3O2S/c1-2-26-24-21(25)14-10-11-19-17(13-14)23-20(16-8-5-6-12-22-16)15-7-3-4-9-18(15)27-19/h3-13H,2H2,1H3,(H,24,25). The number of hydrogen-bond acceptors (Lipinski definition) is 5. The summed E-state index contributed by atoms with van der Waals surface area (Å²) in [6.45, 7) is 2.22. The van der Waals surface area contributed by atoms with Crippen LogP contribution < -0.4 is 5.48 Å². The van der Waals surface area contributed by atoms with Crippen molar-refractivity contribution in [3.8, 4) is 0 Å². The lowest BCUT2D eigenvalue weighted by atomic mass is 10.1. The minimum absolute atomic E-state index is 0.291. The molecule has 1 aromatic heterocycles. The Hall–Kier alpha value is -2.96. The Morgan fingerprint density at radius 1 is 1.07 bits per heavy atom. The Bertz CT molecular complexity index is 1020. The number of fused-ring (bicyclic) bond motifs is 2. The average Bonchev–Trinajstić information content (AvgIpc) is 2.88. The Morgan fingerprint density at radius 3 is 2.74 bits per heavy atom. The van der Waals surface area contributed by atoms with E-state index in [9.17, 15) is 4.79 Å². The third kappa shape index (κ3) is 3.63. The lowest BCUT2D eigenvalue weighted by molar-refractivity contribution is 0.0364. The van der Waals surface area contributed by atoms with Crippen LogP contribution in [-0.4, -0.2) is 23.2 Å². The number of aliphatic imine (C=N–C) groups is 1. The Balaban J connectivity index is 1.84. The van der Waals surface area contributed by atoms with Crippen LogP contribution in [0.1, 0.15) is 28.5 Å². The molecule has 0 spiro atoms. The van der Waals surface area contributed by atoms with Gasteiger partial charge in [0.15, 0.2) is 0 Å². The highest BCUT2D eigenvalue weighted by atomic mass is 32.2. The number of rotatable bonds is 4. The highest BCUT2D eigenvalue weighted by Crippen LogP contribution is 2.41. The molecule has 1 aliphatic heterocycles. The van der Waals surface area contributed by atoms with Crippen LogP contribution in [0.2, 0.25) is 0 Å². The van der Waals surface area contributed by atoms with Gasteiger partial charge in [0.05, 0.1) is 23.7 Å². The predicted molar refractivity (Wildman–Crippen MR) is 106 cm³/mol. The van der Waals surface area contributed by atoms with Crippen molar-refractivity contribution in [1.82, 2.24) is 10.5 Å². The zero-order chi connectivity index (χ0) is 18.6. The summed E-state index contributed by atoms with van der Waals surface area (Å²) < 4.78 is 0. The van der Waals surface area contributed by atoms with E-state index in [2.05, 4.69) is 16.5 Å². The summed E-state index contributed by atoms with van der Waals surface area (Å²) >= 11 is 1.63. The molecule has 134 valence electrons. The fraction of sp³-hybridized carbons (Fsp3) is 0.0952. The van der Waals surface area contributed by atoms with E-state index in [0.717, 1.165) is 32.4 Å². The molecule has 0 unspecified atom stereocenters. The maximum Gasteiger partial charge on any atom is 0.274 e. The molecule has 0 saturated carbocycles. The van der Waals surface area contributed by atoms with Gasteiger partial charge in [-0.25, -0.2) is 10.5 Å². The van der Waals surface area contributed by atoms with E-state index < -0.39 is 0 Å². The number of nitrogens with zero attached hydrogens (tertiary/aromatic N) is 2. The van der Waals surface area contributed by atoms with Crippen molar-refractivity contribution < 1.29 is 9.63 Å². The van der Waals surface area contributed by atoms with E-state index in [1.807, 2.05) is 49.4 Å². The van der Waals surface area contributed by atoms with Gasteiger partial charge in [-0.2, -0.15) is 0 Å². The van der Waals surface area contributed by atoms with Crippen molar-refractivity contribution in [3.63, 3.8) is 0 Å². The van der Waals surface area contributed by atoms with Crippen LogP contribution in [0.25, 0.3) is 0 Å². The van der Waals surface area contributed by atoms with Gasteiger partial charge < -0.3 is 0 Å². The summed E-state index contributed by atoms with van der Waals surface area (Å²) in [7, 11) is 0. The number of hydrogen-bond donors (Lipinski definition) is 1. The molecule has 0 bridgehead atoms. The second-order valence-electron chi connectivity index (χ2n) is 5.82. The number of benzene rings is 2. The molecule has 2 aromatic carbocycles. The molecule has 1 N–H and O–H groups in total. The maximum absolute atomic E-state index is 12.2. The molecule has 6 heteroatoms. The topological polar surface area (TPSA) is 63.6 Å². The molecule has 27 heavy (non-hydrogen) atoms. The number of pyridine rings is 1. The minimum atomic E-state index is -0.291. The summed E-state index contributed by atoms with van der Waals surface area (Å²) in [4.78, 5) is 28.7. The molecular formula is C21H17N3O2S. The van der Waals surface area contributed by atoms with Gasteiger partial charge in [-0.15, -0.1) is 0 Å². The fourth-order valence-electron chi connectivity index (χ4n) is 2.78. The molecular weight excluding hydrogens is 358 g/mol. The van der Waals surface area contributed by atoms with Gasteiger partial charge in [0.1, 0.15) is 0 Å². The van der Waals surface area contributed by atoms with Crippen molar-refractivity contribution in [2.24, 2.45) is 4.99 Å². The molecule has 3 aromatic rings. The van der Waals surface area contributed by atoms with Crippen LogP contribution in [0.4, 0.5) is 5.69 Å². The average molecular weight is 375 g/mol. The summed E-state index contributed by atoms with van der Waals surface area (Å²) in [6.07, 6.45) is 1.76. The van der Waals surface area contributed by atoms with Crippen LogP contribution in [0.3, 0.4) is 0 Å². The lowest BCUT2D eigenvalue weighted by Gasteiger charge is -2.07. The number of nitrogens with one attached hydrogen (secondary N) is 1. The first kappa shape index (κ1) is 17.5. The number of amides is 1. The second-order valence-corrected chi connectivity index (χ2v) is 6.90. The van der Waals surface area contributed by atoms with Crippen molar-refractivity contribution in [2.75, 3.05) is 6.61 Å². The van der Waals surface area contributed by atoms with Gasteiger partial charge in [0.25, 0.3) is 5.91 Å². The summed E-state index contributed by atoms with van der Waals surface area (Å²) in [5, 5.41) is 0. The van der Waals surface area contributed by atoms with Gasteiger partial charge in [-0.05, 0) is 43.3 Å². The summed E-state index contributed by atoms with van der Waals surface area (Å²) in [5.74, 6) is -0.291. The number of carbonyl (C=O) groups excluding carboxylic acids is 1. The van der Waals surface area contributed by atoms with Crippen molar-refractivity contribution in [1.29, 1.82) is 0 Å². The van der Waals surface area contributed by atoms with Crippen LogP contribution >= 0.6 is 11.8 Å². The second kappa shape index (κ2) is 7.73. The monoisotopic (exact) mass is 375 g/mol. The smallest absolute Gasteiger partial charge is 0.274 e. The number of hydroxylamine groups is 1. The van der Waals surface area contributed by atoms with Crippen molar-refractivity contribution in [2.45, 2.75) is 16.7 Å². The number of carbonyl (C=O) groups is 1. The van der Waals surface area contributed by atoms with Crippen LogP contribution in [0, 0.1) is 0 Å². The van der Waals surface area contributed by atoms with Gasteiger partial charge in [0.2, 0.25) is 0 Å². The molecule has 0 atom stereocenters. The van der Waals surface area contributed by atoms with Crippen molar-refractivity contribution >= 4 is 29.1 Å². The quantitative estimate of drug-likeness (QED) is 0.537. The molecule has 1 amide bonds. The normalized spacial score (nSPS) is 12.4. The van der Waals surface area contributed by atoms with Crippen LogP contribution in [0.15, 0.2) is 81.6 Å². The van der Waals surface area contributed by atoms with Gasteiger partial charge in [-0.3, -0.25) is 14.6 Å². The Morgan fingerprint density at radius 2 is 1.93 bits per heavy atom. The zero-order valence-electron chi connectivity index (χ0n) is 14.7. The molecule has 1 aliphatic rings. The number of aromatic nitrogens is 1. The van der Waals surface area contributed by atoms with Gasteiger partial charge in [-0.1, -0.05) is 36.0 Å². The van der Waals surface area contributed by atoms with Gasteiger partial charge >= 0.3 is 0 Å². The van der Waals surface area contributed by atoms with E-state index in [1.165, 1.54) is 0 Å². The van der Waals surface area contributed by atoms with E-state index in [4.69, 9.17) is 9.83 Å². The summed E-state index contributed by atoms with van der Waals surface area (Å²) in [6, 6.07) is 19.4. The van der Waals surface area contributed by atoms with E-state index >= 15 is 0 Å². The minimum Gasteiger partial charge on any atom is -0.274 e. The SMILES string of the molecule is CCONC(=O)c1ccc2c(c1)N=C(c1ccccn1)c1ccccc1S2. The molecule has 4 rings (SSSR count). The first-order valence-corrected chi connectivity index (χ1v) is 9.41. The first-order chi connectivity index (χ1) is 13.3. The van der Waals surface area contributed by atoms with Crippen LogP contribution in [-0.2, 0) is 4.84 Å². The first-order valence-electron chi connectivity index (χ1n) is 8.60. The zero-order valence-corrected chi connectivity index (χ0v) is 15.5. The highest BCUT2D eigenvalue weighted by molar-refractivity contribution is 7.99. The van der Waals surface area contributed by atoms with E-state index in [0.29, 0.717) is 12.2 Å². The third-order valence-electron chi connectivity index (χ3n) is 4.03. The molecule has 0 aliphatic carbocycles. The molecule has 5 nitrogen and oxygen atoms in total. The van der Waals surface area contributed by atoms with Gasteiger partial charge in [0, 0.05) is 27.1 Å². The van der Waals surface area contributed by atoms with E-state index in [-0.39, 0.29) is 5.91 Å². The van der Waals surface area contributed by atoms with Crippen molar-refractivity contribution in [3.05, 3.63) is 83.7 Å². The summed E-state index contributed by atoms with van der Waals surface area (Å²) in [5.41, 5.74) is 6.27. The maximum atomic E-state index is 12.2. The van der Waals surface area contributed by atoms with E-state index in [1.54, 1.807) is 30.1 Å². The molecule has 2 heterocycles. The van der Waals surface area contributed by atoms with Crippen LogP contribution in [0.5, 0.6) is 0 Å². The molecule has 0 saturated heterocycles. The largest absolute Gasteiger partial charge is 0.274 e. The molecule has 0 fully saturated rings. The lowest BCUT2D eigenvalue weighted by Crippen LogP contribution is -2.23. The Kier molecular flexibility index (Phi) is 5.00. The predicted octanol–water partition coefficient (Wildman–Crippen LogP) is 4.40. The third-order valence-corrected chi connectivity index (χ3v) is 5.17. The Labute approximate surface area is 161 Å². The fourth-order valence-corrected chi connectivity index (χ4v) is 3.78. The highest BCUT2D eigenvalue weighted by Gasteiger charge is 2.20. The molecule has 0 radical (unpaired) electrons.